The lowest BCUT2D eigenvalue weighted by Gasteiger charge is -2.49. The van der Waals surface area contributed by atoms with E-state index in [1.54, 1.807) is 32.2 Å². The number of nitrogens with zero attached hydrogens (tertiary/aromatic N) is 5. The molecule has 2 aliphatic heterocycles. The van der Waals surface area contributed by atoms with E-state index in [-0.39, 0.29) is 35.7 Å². The first-order valence-electron chi connectivity index (χ1n) is 18.2. The molecule has 1 saturated carbocycles. The number of methoxy groups -OCH3 is 1. The Labute approximate surface area is 342 Å². The van der Waals surface area contributed by atoms with Crippen LogP contribution in [0.5, 0.6) is 11.5 Å². The minimum Gasteiger partial charge on any atom is -0.503 e. The van der Waals surface area contributed by atoms with Crippen LogP contribution in [0.1, 0.15) is 36.8 Å². The number of benzene rings is 3. The van der Waals surface area contributed by atoms with Gasteiger partial charge in [0.15, 0.2) is 11.5 Å². The lowest BCUT2D eigenvalue weighted by molar-refractivity contribution is -0.384. The Morgan fingerprint density at radius 1 is 1.02 bits per heavy atom. The number of aromatic nitrogens is 2. The molecule has 1 N–H and O–H groups in total. The number of phenolic OH excluding ortho intramolecular Hbond substituents is 1. The SMILES string of the molecule is COc1cc([C@H]2C3=CC[C@@H]4C(=O)N(c5ccc([N+](=O)[O-])cc5)C(=O)[C@@H]4[C@@H]3C[C@H]3C(=O)N(c4cc(-c5sc6ccc(Cl)cc6c5C)nn4C)C(=O)[C@@]23C)cc(Br)c1O. The first kappa shape index (κ1) is 37.2. The smallest absolute Gasteiger partial charge is 0.269 e. The van der Waals surface area contributed by atoms with E-state index in [2.05, 4.69) is 15.9 Å². The molecule has 5 aromatic rings. The van der Waals surface area contributed by atoms with Crippen LogP contribution in [-0.2, 0) is 26.2 Å². The number of non-ortho nitro benzene ring substituents is 1. The second-order valence-electron chi connectivity index (χ2n) is 15.2. The molecule has 57 heavy (non-hydrogen) atoms. The van der Waals surface area contributed by atoms with E-state index in [4.69, 9.17) is 21.4 Å². The Kier molecular flexibility index (Phi) is 8.54. The summed E-state index contributed by atoms with van der Waals surface area (Å²) in [7, 11) is 3.10. The number of allylic oxidation sites excluding steroid dienone is 2. The number of phenols is 1. The Morgan fingerprint density at radius 2 is 1.75 bits per heavy atom. The van der Waals surface area contributed by atoms with Crippen molar-refractivity contribution in [3.8, 4) is 22.1 Å². The van der Waals surface area contributed by atoms with Crippen LogP contribution in [0.3, 0.4) is 0 Å². The summed E-state index contributed by atoms with van der Waals surface area (Å²) in [5.41, 5.74) is 1.56. The van der Waals surface area contributed by atoms with E-state index in [1.165, 1.54) is 52.3 Å². The van der Waals surface area contributed by atoms with Crippen molar-refractivity contribution in [1.29, 1.82) is 0 Å². The molecule has 2 aliphatic carbocycles. The maximum absolute atomic E-state index is 15.2. The van der Waals surface area contributed by atoms with Gasteiger partial charge < -0.3 is 9.84 Å². The maximum Gasteiger partial charge on any atom is 0.269 e. The number of ether oxygens (including phenoxy) is 1. The number of anilines is 2. The summed E-state index contributed by atoms with van der Waals surface area (Å²) in [6.07, 6.45) is 2.25. The van der Waals surface area contributed by atoms with Crippen LogP contribution in [-0.4, -0.2) is 50.5 Å². The predicted molar refractivity (Wildman–Crippen MR) is 216 cm³/mol. The van der Waals surface area contributed by atoms with Crippen LogP contribution in [0.25, 0.3) is 20.7 Å². The van der Waals surface area contributed by atoms with Crippen molar-refractivity contribution in [3.05, 3.63) is 103 Å². The van der Waals surface area contributed by atoms with E-state index in [9.17, 15) is 29.6 Å². The lowest BCUT2D eigenvalue weighted by Crippen LogP contribution is -2.49. The number of fused-ring (bicyclic) bond motifs is 5. The molecule has 2 saturated heterocycles. The molecule has 2 aromatic heterocycles. The maximum atomic E-state index is 15.2. The highest BCUT2D eigenvalue weighted by Crippen LogP contribution is 2.64. The Bertz CT molecular complexity index is 2670. The van der Waals surface area contributed by atoms with Crippen molar-refractivity contribution in [2.24, 2.45) is 36.1 Å². The number of carbonyl (C=O) groups is 4. The van der Waals surface area contributed by atoms with Crippen molar-refractivity contribution in [2.75, 3.05) is 16.9 Å². The zero-order chi connectivity index (χ0) is 40.4. The number of amides is 4. The van der Waals surface area contributed by atoms with Gasteiger partial charge in [0.1, 0.15) is 11.5 Å². The number of hydrogen-bond acceptors (Lipinski definition) is 10. The number of nitro groups is 1. The standard InChI is InChI=1S/C41H33BrClN5O8S/c1-18-25-15-20(43)5-12-31(25)57-36(18)29-17-32(45(3)44-29)47-38(51)27-16-26-23(34(41(27,2)40(47)53)19-13-28(42)35(49)30(14-19)56-4)10-11-24-33(26)39(52)46(37(24)50)21-6-8-22(9-7-21)48(54)55/h5-10,12-15,17,24,26-27,33-34,49H,11,16H2,1-4H3/t24-,26+,27-,33-,34-,41+/m0/s1. The van der Waals surface area contributed by atoms with Crippen LogP contribution in [0, 0.1) is 46.1 Å². The average molecular weight is 871 g/mol. The summed E-state index contributed by atoms with van der Waals surface area (Å²) in [6.45, 7) is 3.76. The average Bonchev–Trinajstić information content (AvgIpc) is 3.86. The summed E-state index contributed by atoms with van der Waals surface area (Å²) >= 11 is 11.3. The first-order chi connectivity index (χ1) is 27.1. The third-order valence-corrected chi connectivity index (χ3v) is 14.5. The van der Waals surface area contributed by atoms with Crippen LogP contribution in [0.4, 0.5) is 17.2 Å². The monoisotopic (exact) mass is 869 g/mol. The third-order valence-electron chi connectivity index (χ3n) is 12.4. The number of thiophene rings is 1. The van der Waals surface area contributed by atoms with E-state index >= 15 is 4.79 Å². The van der Waals surface area contributed by atoms with Gasteiger partial charge in [-0.25, -0.2) is 4.90 Å². The number of nitro benzene ring substituents is 1. The summed E-state index contributed by atoms with van der Waals surface area (Å²) in [5, 5.41) is 28.5. The van der Waals surface area contributed by atoms with Crippen molar-refractivity contribution in [1.82, 2.24) is 9.78 Å². The number of rotatable bonds is 6. The van der Waals surface area contributed by atoms with Gasteiger partial charge in [-0.2, -0.15) is 5.10 Å². The fraction of sp³-hybridized carbons (Fsp3) is 0.293. The van der Waals surface area contributed by atoms with Gasteiger partial charge in [0.2, 0.25) is 23.6 Å². The Morgan fingerprint density at radius 3 is 2.46 bits per heavy atom. The zero-order valence-corrected chi connectivity index (χ0v) is 34.0. The van der Waals surface area contributed by atoms with Gasteiger partial charge in [0.25, 0.3) is 5.69 Å². The second kappa shape index (κ2) is 13.1. The fourth-order valence-electron chi connectivity index (χ4n) is 9.72. The summed E-state index contributed by atoms with van der Waals surface area (Å²) in [4.78, 5) is 72.6. The van der Waals surface area contributed by atoms with Crippen molar-refractivity contribution >= 4 is 89.8 Å². The Balaban J connectivity index is 1.16. The van der Waals surface area contributed by atoms with Gasteiger partial charge in [-0.05, 0) is 108 Å². The molecule has 3 aromatic carbocycles. The van der Waals surface area contributed by atoms with Crippen LogP contribution >= 0.6 is 38.9 Å². The van der Waals surface area contributed by atoms with Gasteiger partial charge in [-0.3, -0.25) is 38.9 Å². The van der Waals surface area contributed by atoms with Crippen molar-refractivity contribution < 1.29 is 33.9 Å². The topological polar surface area (TPSA) is 165 Å². The molecular weight excluding hydrogens is 838 g/mol. The van der Waals surface area contributed by atoms with Crippen molar-refractivity contribution in [2.45, 2.75) is 32.6 Å². The molecule has 6 atom stereocenters. The molecule has 4 heterocycles. The molecular formula is C41H33BrClN5O8S. The van der Waals surface area contributed by atoms with E-state index < -0.39 is 63.6 Å². The number of halogens is 2. The van der Waals surface area contributed by atoms with Crippen molar-refractivity contribution in [3.63, 3.8) is 0 Å². The highest BCUT2D eigenvalue weighted by Gasteiger charge is 2.68. The highest BCUT2D eigenvalue weighted by molar-refractivity contribution is 9.10. The van der Waals surface area contributed by atoms with Crippen LogP contribution < -0.4 is 14.5 Å². The number of aryl methyl sites for hydroxylation is 2. The number of aromatic hydroxyl groups is 1. The highest BCUT2D eigenvalue weighted by atomic mass is 79.9. The minimum atomic E-state index is -1.37. The Hall–Kier alpha value is -5.38. The molecule has 9 rings (SSSR count). The van der Waals surface area contributed by atoms with Gasteiger partial charge >= 0.3 is 0 Å². The molecule has 3 fully saturated rings. The number of imide groups is 2. The third kappa shape index (κ3) is 5.27. The van der Waals surface area contributed by atoms with Crippen LogP contribution in [0.2, 0.25) is 5.02 Å². The molecule has 4 amide bonds. The lowest BCUT2D eigenvalue weighted by atomic mass is 9.51. The largest absolute Gasteiger partial charge is 0.503 e. The van der Waals surface area contributed by atoms with Gasteiger partial charge in [-0.1, -0.05) is 23.3 Å². The molecule has 13 nitrogen and oxygen atoms in total. The van der Waals surface area contributed by atoms with Gasteiger partial charge in [-0.15, -0.1) is 11.3 Å². The predicted octanol–water partition coefficient (Wildman–Crippen LogP) is 8.08. The molecule has 0 spiro atoms. The van der Waals surface area contributed by atoms with E-state index in [0.29, 0.717) is 26.6 Å². The van der Waals surface area contributed by atoms with E-state index in [1.807, 2.05) is 31.2 Å². The molecule has 0 bridgehead atoms. The number of hydrogen-bond donors (Lipinski definition) is 1. The quantitative estimate of drug-likeness (QED) is 0.0769. The van der Waals surface area contributed by atoms with Crippen LogP contribution in [0.15, 0.2) is 76.8 Å². The minimum absolute atomic E-state index is 0.117. The fourth-order valence-corrected chi connectivity index (χ4v) is 11.5. The molecule has 4 aliphatic rings. The number of carbonyl (C=O) groups excluding carboxylic acids is 4. The zero-order valence-electron chi connectivity index (χ0n) is 30.9. The molecule has 290 valence electrons. The van der Waals surface area contributed by atoms with Gasteiger partial charge in [0, 0.05) is 40.9 Å². The molecule has 16 heteroatoms. The molecule has 0 radical (unpaired) electrons. The normalized spacial score (nSPS) is 25.5. The van der Waals surface area contributed by atoms with Gasteiger partial charge in [0.05, 0.1) is 50.2 Å². The summed E-state index contributed by atoms with van der Waals surface area (Å²) in [5.74, 6) is -5.38. The summed E-state index contributed by atoms with van der Waals surface area (Å²) in [6, 6.07) is 16.0. The first-order valence-corrected chi connectivity index (χ1v) is 20.1. The van der Waals surface area contributed by atoms with E-state index in [0.717, 1.165) is 31.0 Å². The summed E-state index contributed by atoms with van der Waals surface area (Å²) < 4.78 is 8.40. The second-order valence-corrected chi connectivity index (χ2v) is 17.6. The molecule has 0 unspecified atom stereocenters.